The van der Waals surface area contributed by atoms with E-state index in [1.807, 2.05) is 24.3 Å². The molecule has 4 aliphatic heterocycles. The van der Waals surface area contributed by atoms with Gasteiger partial charge in [0.25, 0.3) is 0 Å². The molecule has 1 aromatic rings. The molecule has 0 radical (unpaired) electrons. The summed E-state index contributed by atoms with van der Waals surface area (Å²) in [7, 11) is 2.11. The molecule has 7 unspecified atom stereocenters. The molecular weight excluding hydrogens is 555 g/mol. The minimum absolute atomic E-state index is 0.0853. The van der Waals surface area contributed by atoms with Crippen LogP contribution in [0.15, 0.2) is 41.8 Å². The Balaban J connectivity index is 1.26. The number of Topliss-reactive ketones (excluding diaryl/α,β-unsaturated/α-hetero) is 1. The number of likely N-dealkylation sites (N-methyl/N-ethyl adjacent to an activating group) is 1. The monoisotopic (exact) mass is 596 g/mol. The molecule has 8 atom stereocenters. The third-order valence-corrected chi connectivity index (χ3v) is 11.7. The van der Waals surface area contributed by atoms with Crippen LogP contribution in [0.25, 0.3) is 0 Å². The number of nitrogens with one attached hydrogen (secondary N) is 2. The number of halogens is 1. The Kier molecular flexibility index (Phi) is 8.74. The predicted octanol–water partition coefficient (Wildman–Crippen LogP) is 2.29. The first-order valence-electron chi connectivity index (χ1n) is 15.2. The number of piperazine rings is 1. The Morgan fingerprint density at radius 1 is 1.26 bits per heavy atom. The van der Waals surface area contributed by atoms with Gasteiger partial charge in [0.1, 0.15) is 10.9 Å². The molecule has 4 heterocycles. The van der Waals surface area contributed by atoms with E-state index >= 15 is 4.39 Å². The summed E-state index contributed by atoms with van der Waals surface area (Å²) in [5.41, 5.74) is 0.962. The Bertz CT molecular complexity index is 1250. The van der Waals surface area contributed by atoms with Crippen molar-refractivity contribution in [3.63, 3.8) is 0 Å². The topological polar surface area (TPSA) is 101 Å². The molecule has 1 aromatic carbocycles. The number of carbonyl (C=O) groups excluding carboxylic acids is 2. The number of alkyl halides is 1. The fraction of sp³-hybridized carbons (Fsp3) is 0.645. The first-order valence-corrected chi connectivity index (χ1v) is 16.0. The Morgan fingerprint density at radius 2 is 2.10 bits per heavy atom. The van der Waals surface area contributed by atoms with Crippen molar-refractivity contribution in [2.75, 3.05) is 39.8 Å². The summed E-state index contributed by atoms with van der Waals surface area (Å²) in [5, 5.41) is 16.6. The van der Waals surface area contributed by atoms with Crippen molar-refractivity contribution in [3.05, 3.63) is 42.5 Å². The summed E-state index contributed by atoms with van der Waals surface area (Å²) < 4.78 is 21.3. The Morgan fingerprint density at radius 3 is 2.86 bits per heavy atom. The summed E-state index contributed by atoms with van der Waals surface area (Å²) in [6.07, 6.45) is 3.03. The van der Waals surface area contributed by atoms with Crippen molar-refractivity contribution in [2.45, 2.75) is 85.0 Å². The van der Waals surface area contributed by atoms with Crippen LogP contribution in [0.2, 0.25) is 0 Å². The number of hydrogen-bond donors (Lipinski definition) is 2. The maximum atomic E-state index is 16.0. The van der Waals surface area contributed by atoms with Gasteiger partial charge < -0.3 is 14.5 Å². The molecule has 226 valence electrons. The van der Waals surface area contributed by atoms with E-state index < -0.39 is 23.3 Å². The molecule has 0 bridgehead atoms. The number of thioether (sulfide) groups is 1. The van der Waals surface area contributed by atoms with Gasteiger partial charge in [-0.1, -0.05) is 24.8 Å². The van der Waals surface area contributed by atoms with Crippen LogP contribution < -0.4 is 10.6 Å². The molecule has 1 saturated carbocycles. The Labute approximate surface area is 251 Å². The highest BCUT2D eigenvalue weighted by Gasteiger charge is 2.59. The summed E-state index contributed by atoms with van der Waals surface area (Å²) in [6, 6.07) is 9.52. The summed E-state index contributed by atoms with van der Waals surface area (Å²) in [5.74, 6) is -0.365. The van der Waals surface area contributed by atoms with Gasteiger partial charge in [0.2, 0.25) is 5.91 Å². The highest BCUT2D eigenvalue weighted by atomic mass is 32.2. The number of benzene rings is 1. The van der Waals surface area contributed by atoms with E-state index in [4.69, 9.17) is 4.74 Å². The molecule has 9 nitrogen and oxygen atoms in total. The van der Waals surface area contributed by atoms with Gasteiger partial charge in [0, 0.05) is 42.9 Å². The number of ether oxygens (including phenoxy) is 1. The zero-order valence-corrected chi connectivity index (χ0v) is 25.0. The van der Waals surface area contributed by atoms with Crippen molar-refractivity contribution in [1.29, 1.82) is 5.26 Å². The van der Waals surface area contributed by atoms with Gasteiger partial charge in [-0.15, -0.1) is 11.8 Å². The normalized spacial score (nSPS) is 37.2. The smallest absolute Gasteiger partial charge is 0.246 e. The standard InChI is InChI=1S/C31H41FN6O3S/c1-3-26(39)38-16-15-37(18-21(38)11-13-33)29-23-10-12-31(25(32)17-20-7-4-5-9-24(20)42-31)28(40)27(23)34-30(35-29)41-19-22-8-6-14-36(22)2/h3-5,7,9,21-23,25,27,29-30,34-35H,1,6,8,10-12,14-19H2,2H3/t21?,22?,23?,25?,27?,29?,30?,31-/m1/s1. The second-order valence-electron chi connectivity index (χ2n) is 12.3. The van der Waals surface area contributed by atoms with Gasteiger partial charge in [0.05, 0.1) is 37.3 Å². The summed E-state index contributed by atoms with van der Waals surface area (Å²) in [4.78, 5) is 34.3. The number of ketones is 1. The van der Waals surface area contributed by atoms with Gasteiger partial charge >= 0.3 is 0 Å². The van der Waals surface area contributed by atoms with Crippen LogP contribution in [0.5, 0.6) is 0 Å². The highest BCUT2D eigenvalue weighted by molar-refractivity contribution is 8.01. The minimum Gasteiger partial charge on any atom is -0.348 e. The lowest BCUT2D eigenvalue weighted by molar-refractivity contribution is -0.146. The number of fused-ring (bicyclic) bond motifs is 2. The van der Waals surface area contributed by atoms with Crippen molar-refractivity contribution < 1.29 is 18.7 Å². The van der Waals surface area contributed by atoms with Crippen LogP contribution in [-0.4, -0.2) is 108 Å². The molecule has 3 saturated heterocycles. The Hall–Kier alpha value is -2.33. The maximum absolute atomic E-state index is 16.0. The predicted molar refractivity (Wildman–Crippen MR) is 158 cm³/mol. The number of nitrogens with zero attached hydrogens (tertiary/aromatic N) is 4. The molecule has 1 spiro atoms. The van der Waals surface area contributed by atoms with E-state index in [-0.39, 0.29) is 42.7 Å². The third-order valence-electron chi connectivity index (χ3n) is 10.0. The molecule has 42 heavy (non-hydrogen) atoms. The minimum atomic E-state index is -1.26. The largest absolute Gasteiger partial charge is 0.348 e. The van der Waals surface area contributed by atoms with E-state index in [9.17, 15) is 14.9 Å². The molecule has 4 fully saturated rings. The van der Waals surface area contributed by atoms with E-state index in [0.717, 1.165) is 29.8 Å². The molecule has 11 heteroatoms. The lowest BCUT2D eigenvalue weighted by Crippen LogP contribution is -2.76. The summed E-state index contributed by atoms with van der Waals surface area (Å²) in [6.45, 7) is 6.76. The first-order chi connectivity index (χ1) is 20.3. The summed E-state index contributed by atoms with van der Waals surface area (Å²) >= 11 is 1.40. The van der Waals surface area contributed by atoms with Gasteiger partial charge in [-0.05, 0) is 57.0 Å². The van der Waals surface area contributed by atoms with Crippen LogP contribution in [-0.2, 0) is 20.7 Å². The molecule has 6 rings (SSSR count). The molecule has 5 aliphatic rings. The lowest BCUT2D eigenvalue weighted by Gasteiger charge is -2.55. The number of nitriles is 1. The highest BCUT2D eigenvalue weighted by Crippen LogP contribution is 2.52. The number of likely N-dealkylation sites (tertiary alicyclic amines) is 1. The van der Waals surface area contributed by atoms with Crippen molar-refractivity contribution in [2.24, 2.45) is 5.92 Å². The second kappa shape index (κ2) is 12.3. The van der Waals surface area contributed by atoms with Crippen molar-refractivity contribution in [1.82, 2.24) is 25.3 Å². The molecular formula is C31H41FN6O3S. The van der Waals surface area contributed by atoms with Crippen LogP contribution in [0, 0.1) is 17.2 Å². The van der Waals surface area contributed by atoms with Gasteiger partial charge in [-0.2, -0.15) is 5.26 Å². The molecule has 1 amide bonds. The van der Waals surface area contributed by atoms with Gasteiger partial charge in [0.15, 0.2) is 12.1 Å². The SMILES string of the molecule is C=CC(=O)N1CCN(C2NC(OCC3CCCN3C)NC3C(=O)[C@]4(CCC32)Sc2ccccc2CC4F)CC1CC#N. The van der Waals surface area contributed by atoms with Crippen LogP contribution in [0.1, 0.15) is 37.7 Å². The molecule has 0 aromatic heterocycles. The van der Waals surface area contributed by atoms with Crippen LogP contribution >= 0.6 is 11.8 Å². The van der Waals surface area contributed by atoms with Crippen LogP contribution in [0.3, 0.4) is 0 Å². The maximum Gasteiger partial charge on any atom is 0.246 e. The first kappa shape index (κ1) is 29.7. The van der Waals surface area contributed by atoms with Crippen molar-refractivity contribution in [3.8, 4) is 6.07 Å². The zero-order chi connectivity index (χ0) is 29.4. The number of rotatable bonds is 6. The fourth-order valence-electron chi connectivity index (χ4n) is 7.65. The fourth-order valence-corrected chi connectivity index (χ4v) is 9.13. The number of carbonyl (C=O) groups is 2. The molecule has 1 aliphatic carbocycles. The average Bonchev–Trinajstić information content (AvgIpc) is 3.42. The lowest BCUT2D eigenvalue weighted by atomic mass is 9.71. The van der Waals surface area contributed by atoms with E-state index in [2.05, 4.69) is 40.1 Å². The van der Waals surface area contributed by atoms with Gasteiger partial charge in [-0.3, -0.25) is 25.1 Å². The van der Waals surface area contributed by atoms with E-state index in [1.54, 1.807) is 4.90 Å². The quantitative estimate of drug-likeness (QED) is 0.479. The van der Waals surface area contributed by atoms with Crippen LogP contribution in [0.4, 0.5) is 4.39 Å². The van der Waals surface area contributed by atoms with Gasteiger partial charge in [-0.25, -0.2) is 4.39 Å². The zero-order valence-electron chi connectivity index (χ0n) is 24.2. The van der Waals surface area contributed by atoms with E-state index in [1.165, 1.54) is 17.8 Å². The average molecular weight is 597 g/mol. The number of amides is 1. The second-order valence-corrected chi connectivity index (χ2v) is 13.7. The van der Waals surface area contributed by atoms with Crippen molar-refractivity contribution >= 4 is 23.5 Å². The molecule has 2 N–H and O–H groups in total. The third kappa shape index (κ3) is 5.42. The van der Waals surface area contributed by atoms with E-state index in [0.29, 0.717) is 45.1 Å². The number of hydrogen-bond acceptors (Lipinski definition) is 9.